The molecule has 0 saturated heterocycles. The molecule has 21 heavy (non-hydrogen) atoms. The number of hydrogen-bond acceptors (Lipinski definition) is 3. The minimum absolute atomic E-state index is 0.0365. The zero-order valence-electron chi connectivity index (χ0n) is 13.9. The van der Waals surface area contributed by atoms with E-state index in [0.717, 1.165) is 31.4 Å². The van der Waals surface area contributed by atoms with E-state index >= 15 is 0 Å². The second-order valence-electron chi connectivity index (χ2n) is 6.90. The van der Waals surface area contributed by atoms with Crippen LogP contribution in [0.3, 0.4) is 0 Å². The van der Waals surface area contributed by atoms with E-state index in [1.165, 1.54) is 24.1 Å². The van der Waals surface area contributed by atoms with Gasteiger partial charge in [0.05, 0.1) is 0 Å². The van der Waals surface area contributed by atoms with Crippen LogP contribution in [0.2, 0.25) is 0 Å². The lowest BCUT2D eigenvalue weighted by molar-refractivity contribution is 0.516. The minimum Gasteiger partial charge on any atom is -0.348 e. The largest absolute Gasteiger partial charge is 0.348 e. The quantitative estimate of drug-likeness (QED) is 0.775. The summed E-state index contributed by atoms with van der Waals surface area (Å²) in [6.45, 7) is 14.5. The van der Waals surface area contributed by atoms with Gasteiger partial charge in [-0.3, -0.25) is 0 Å². The molecule has 0 bridgehead atoms. The van der Waals surface area contributed by atoms with Gasteiger partial charge in [-0.05, 0) is 57.7 Å². The van der Waals surface area contributed by atoms with Crippen LogP contribution in [0, 0.1) is 0 Å². The molecule has 1 N–H and O–H groups in total. The van der Waals surface area contributed by atoms with Crippen molar-refractivity contribution >= 4 is 5.82 Å². The number of aryl methyl sites for hydroxylation is 1. The summed E-state index contributed by atoms with van der Waals surface area (Å²) in [6.07, 6.45) is 5.57. The van der Waals surface area contributed by atoms with Gasteiger partial charge in [-0.25, -0.2) is 4.98 Å². The van der Waals surface area contributed by atoms with Crippen LogP contribution >= 0.6 is 0 Å². The highest BCUT2D eigenvalue weighted by Gasteiger charge is 2.23. The zero-order valence-corrected chi connectivity index (χ0v) is 13.9. The molecule has 0 atom stereocenters. The number of aromatic nitrogens is 1. The fraction of sp³-hybridized carbons (Fsp3) is 0.611. The molecule has 0 spiro atoms. The number of nitrogens with one attached hydrogen (secondary N) is 1. The van der Waals surface area contributed by atoms with Crippen LogP contribution in [-0.4, -0.2) is 23.1 Å². The Labute approximate surface area is 129 Å². The summed E-state index contributed by atoms with van der Waals surface area (Å²) in [4.78, 5) is 7.15. The maximum Gasteiger partial charge on any atom is 0.129 e. The Morgan fingerprint density at radius 1 is 1.38 bits per heavy atom. The third-order valence-electron chi connectivity index (χ3n) is 3.86. The van der Waals surface area contributed by atoms with Gasteiger partial charge in [0, 0.05) is 30.4 Å². The average Bonchev–Trinajstić information content (AvgIpc) is 3.25. The summed E-state index contributed by atoms with van der Waals surface area (Å²) in [5.74, 6) is 1.06. The van der Waals surface area contributed by atoms with Crippen molar-refractivity contribution in [3.8, 4) is 0 Å². The monoisotopic (exact) mass is 287 g/mol. The van der Waals surface area contributed by atoms with Crippen molar-refractivity contribution in [1.29, 1.82) is 0 Å². The molecular weight excluding hydrogens is 258 g/mol. The van der Waals surface area contributed by atoms with E-state index in [-0.39, 0.29) is 5.54 Å². The molecule has 1 aliphatic rings. The Kier molecular flexibility index (Phi) is 5.04. The normalized spacial score (nSPS) is 15.0. The molecule has 1 heterocycles. The first kappa shape index (κ1) is 16.0. The molecular formula is C18H29N3. The first-order valence-electron chi connectivity index (χ1n) is 8.05. The molecule has 0 amide bonds. The van der Waals surface area contributed by atoms with Gasteiger partial charge in [0.25, 0.3) is 0 Å². The number of pyridine rings is 1. The van der Waals surface area contributed by atoms with Crippen molar-refractivity contribution in [1.82, 2.24) is 10.3 Å². The summed E-state index contributed by atoms with van der Waals surface area (Å²) in [5, 5.41) is 3.59. The first-order valence-corrected chi connectivity index (χ1v) is 8.05. The molecule has 1 fully saturated rings. The zero-order chi connectivity index (χ0) is 15.5. The Morgan fingerprint density at radius 2 is 2.10 bits per heavy atom. The summed E-state index contributed by atoms with van der Waals surface area (Å²) < 4.78 is 0. The lowest BCUT2D eigenvalue weighted by Gasteiger charge is -2.36. The second-order valence-corrected chi connectivity index (χ2v) is 6.90. The van der Waals surface area contributed by atoms with Gasteiger partial charge < -0.3 is 10.2 Å². The predicted octanol–water partition coefficient (Wildman–Crippen LogP) is 3.69. The first-order chi connectivity index (χ1) is 9.94. The molecule has 0 unspecified atom stereocenters. The van der Waals surface area contributed by atoms with Crippen LogP contribution in [0.5, 0.6) is 0 Å². The third kappa shape index (κ3) is 4.57. The summed E-state index contributed by atoms with van der Waals surface area (Å²) in [7, 11) is 0. The average molecular weight is 287 g/mol. The SMILES string of the molecule is C=CCN(c1cc(CNC2CC2)cc(CC)n1)C(C)(C)C. The second kappa shape index (κ2) is 6.61. The molecule has 0 radical (unpaired) electrons. The minimum atomic E-state index is 0.0365. The van der Waals surface area contributed by atoms with Crippen LogP contribution in [0.4, 0.5) is 5.82 Å². The van der Waals surface area contributed by atoms with Gasteiger partial charge >= 0.3 is 0 Å². The molecule has 1 aromatic rings. The van der Waals surface area contributed by atoms with E-state index in [2.05, 4.69) is 56.6 Å². The highest BCUT2D eigenvalue weighted by atomic mass is 15.2. The van der Waals surface area contributed by atoms with Crippen LogP contribution in [0.25, 0.3) is 0 Å². The third-order valence-corrected chi connectivity index (χ3v) is 3.86. The smallest absolute Gasteiger partial charge is 0.129 e. The molecule has 3 heteroatoms. The van der Waals surface area contributed by atoms with E-state index in [1.54, 1.807) is 0 Å². The molecule has 1 saturated carbocycles. The Balaban J connectivity index is 2.26. The maximum atomic E-state index is 4.83. The summed E-state index contributed by atoms with van der Waals surface area (Å²) in [6, 6.07) is 5.19. The highest BCUT2D eigenvalue weighted by molar-refractivity contribution is 5.46. The molecule has 116 valence electrons. The van der Waals surface area contributed by atoms with Gasteiger partial charge in [-0.15, -0.1) is 6.58 Å². The lowest BCUT2D eigenvalue weighted by atomic mass is 10.1. The van der Waals surface area contributed by atoms with Crippen molar-refractivity contribution in [2.45, 2.75) is 65.1 Å². The van der Waals surface area contributed by atoms with E-state index in [9.17, 15) is 0 Å². The van der Waals surface area contributed by atoms with Gasteiger partial charge in [0.1, 0.15) is 5.82 Å². The molecule has 2 rings (SSSR count). The van der Waals surface area contributed by atoms with E-state index in [4.69, 9.17) is 4.98 Å². The van der Waals surface area contributed by atoms with Crippen molar-refractivity contribution < 1.29 is 0 Å². The summed E-state index contributed by atoms with van der Waals surface area (Å²) >= 11 is 0. The Hall–Kier alpha value is -1.35. The topological polar surface area (TPSA) is 28.2 Å². The molecule has 3 nitrogen and oxygen atoms in total. The van der Waals surface area contributed by atoms with Crippen LogP contribution in [0.15, 0.2) is 24.8 Å². The van der Waals surface area contributed by atoms with Gasteiger partial charge in [0.2, 0.25) is 0 Å². The molecule has 0 aliphatic heterocycles. The van der Waals surface area contributed by atoms with Crippen molar-refractivity contribution in [3.63, 3.8) is 0 Å². The van der Waals surface area contributed by atoms with E-state index < -0.39 is 0 Å². The number of nitrogens with zero attached hydrogens (tertiary/aromatic N) is 2. The number of anilines is 1. The Bertz CT molecular complexity index is 484. The Morgan fingerprint density at radius 3 is 2.62 bits per heavy atom. The van der Waals surface area contributed by atoms with Gasteiger partial charge in [0.15, 0.2) is 0 Å². The van der Waals surface area contributed by atoms with E-state index in [0.29, 0.717) is 0 Å². The molecule has 1 aliphatic carbocycles. The van der Waals surface area contributed by atoms with E-state index in [1.807, 2.05) is 6.08 Å². The van der Waals surface area contributed by atoms with Crippen molar-refractivity contribution in [3.05, 3.63) is 36.0 Å². The molecule has 1 aromatic heterocycles. The van der Waals surface area contributed by atoms with Crippen LogP contribution in [0.1, 0.15) is 51.8 Å². The number of hydrogen-bond donors (Lipinski definition) is 1. The van der Waals surface area contributed by atoms with Crippen molar-refractivity contribution in [2.75, 3.05) is 11.4 Å². The number of rotatable bonds is 7. The fourth-order valence-electron chi connectivity index (χ4n) is 2.44. The summed E-state index contributed by atoms with van der Waals surface area (Å²) in [5.41, 5.74) is 2.54. The van der Waals surface area contributed by atoms with Crippen molar-refractivity contribution in [2.24, 2.45) is 0 Å². The van der Waals surface area contributed by atoms with Gasteiger partial charge in [-0.1, -0.05) is 13.0 Å². The highest BCUT2D eigenvalue weighted by Crippen LogP contribution is 2.25. The standard InChI is InChI=1S/C18H29N3/c1-6-10-21(18(3,4)5)17-12-14(11-15(7-2)20-17)13-19-16-8-9-16/h6,11-12,16,19H,1,7-10,13H2,2-5H3. The van der Waals surface area contributed by atoms with Gasteiger partial charge in [-0.2, -0.15) is 0 Å². The molecule has 0 aromatic carbocycles. The predicted molar refractivity (Wildman–Crippen MR) is 90.8 cm³/mol. The fourth-order valence-corrected chi connectivity index (χ4v) is 2.44. The maximum absolute atomic E-state index is 4.83. The van der Waals surface area contributed by atoms with Crippen LogP contribution in [-0.2, 0) is 13.0 Å². The lowest BCUT2D eigenvalue weighted by Crippen LogP contribution is -2.42. The van der Waals surface area contributed by atoms with Crippen LogP contribution < -0.4 is 10.2 Å².